The van der Waals surface area contributed by atoms with Crippen molar-refractivity contribution in [1.29, 1.82) is 0 Å². The van der Waals surface area contributed by atoms with E-state index in [1.165, 1.54) is 4.90 Å². The van der Waals surface area contributed by atoms with E-state index in [0.29, 0.717) is 6.54 Å². The van der Waals surface area contributed by atoms with Crippen LogP contribution in [-0.2, 0) is 0 Å². The van der Waals surface area contributed by atoms with Crippen LogP contribution >= 0.6 is 0 Å². The van der Waals surface area contributed by atoms with E-state index in [-0.39, 0.29) is 12.4 Å². The van der Waals surface area contributed by atoms with Crippen molar-refractivity contribution in [3.8, 4) is 5.75 Å². The third kappa shape index (κ3) is 1.56. The van der Waals surface area contributed by atoms with E-state index < -0.39 is 28.7 Å². The molecule has 18 heavy (non-hydrogen) atoms. The summed E-state index contributed by atoms with van der Waals surface area (Å²) < 4.78 is 0. The van der Waals surface area contributed by atoms with Gasteiger partial charge in [-0.25, -0.2) is 4.79 Å². The van der Waals surface area contributed by atoms with E-state index in [4.69, 9.17) is 5.11 Å². The van der Waals surface area contributed by atoms with E-state index in [9.17, 15) is 19.5 Å². The molecular formula is C9H10N4O5. The maximum Gasteiger partial charge on any atom is 0.360 e. The number of carbonyl (C=O) groups excluding carboxylic acids is 1. The molecule has 1 aromatic rings. The molecule has 0 saturated carbocycles. The van der Waals surface area contributed by atoms with Crippen molar-refractivity contribution in [2.45, 2.75) is 6.92 Å². The number of nitrogens with zero attached hydrogens (tertiary/aromatic N) is 3. The summed E-state index contributed by atoms with van der Waals surface area (Å²) in [5.41, 5.74) is 0.218. The van der Waals surface area contributed by atoms with Crippen molar-refractivity contribution in [2.75, 3.05) is 18.6 Å². The quantitative estimate of drug-likeness (QED) is 0.594. The van der Waals surface area contributed by atoms with Gasteiger partial charge >= 0.3 is 5.97 Å². The van der Waals surface area contributed by atoms with E-state index >= 15 is 0 Å². The van der Waals surface area contributed by atoms with Gasteiger partial charge in [0.1, 0.15) is 6.67 Å². The molecule has 1 aliphatic rings. The van der Waals surface area contributed by atoms with Gasteiger partial charge in [0.25, 0.3) is 11.3 Å². The Balaban J connectivity index is 2.67. The molecule has 0 fully saturated rings. The summed E-state index contributed by atoms with van der Waals surface area (Å²) in [4.78, 5) is 36.3. The molecule has 1 aliphatic heterocycles. The van der Waals surface area contributed by atoms with Crippen LogP contribution in [0.2, 0.25) is 0 Å². The maximum atomic E-state index is 11.9. The lowest BCUT2D eigenvalue weighted by atomic mass is 10.2. The number of carbonyl (C=O) groups is 2. The Labute approximate surface area is 100 Å². The highest BCUT2D eigenvalue weighted by atomic mass is 16.4. The SMILES string of the molecule is CCN1CNn2nc(C(=O)O)c(=O)c(O)c2C1=O. The maximum absolute atomic E-state index is 11.9. The standard InChI is InChI=1S/C9H10N4O5/c1-2-12-3-10-13-5(8(12)16)7(15)6(14)4(11-13)9(17)18/h10,15H,2-3H2,1H3,(H,17,18). The van der Waals surface area contributed by atoms with Gasteiger partial charge in [-0.2, -0.15) is 4.79 Å². The predicted octanol–water partition coefficient (Wildman–Crippen LogP) is -1.38. The summed E-state index contributed by atoms with van der Waals surface area (Å²) in [5, 5.41) is 21.9. The Kier molecular flexibility index (Phi) is 2.66. The smallest absolute Gasteiger partial charge is 0.360 e. The van der Waals surface area contributed by atoms with Crippen LogP contribution in [0.5, 0.6) is 5.75 Å². The molecule has 1 amide bonds. The van der Waals surface area contributed by atoms with Gasteiger partial charge in [0.2, 0.25) is 5.69 Å². The van der Waals surface area contributed by atoms with Crippen LogP contribution in [0.25, 0.3) is 0 Å². The molecule has 0 atom stereocenters. The summed E-state index contributed by atoms with van der Waals surface area (Å²) >= 11 is 0. The van der Waals surface area contributed by atoms with Crippen LogP contribution in [0.1, 0.15) is 27.9 Å². The first-order valence-corrected chi connectivity index (χ1v) is 5.10. The van der Waals surface area contributed by atoms with Gasteiger partial charge in [-0.15, -0.1) is 5.10 Å². The highest BCUT2D eigenvalue weighted by Gasteiger charge is 2.31. The van der Waals surface area contributed by atoms with E-state index in [1.807, 2.05) is 0 Å². The number of hydrogen-bond donors (Lipinski definition) is 3. The monoisotopic (exact) mass is 254 g/mol. The Morgan fingerprint density at radius 1 is 1.50 bits per heavy atom. The van der Waals surface area contributed by atoms with Crippen LogP contribution in [0, 0.1) is 0 Å². The van der Waals surface area contributed by atoms with Crippen LogP contribution < -0.4 is 10.9 Å². The normalized spacial score (nSPS) is 14.1. The second-order valence-corrected chi connectivity index (χ2v) is 3.57. The Bertz CT molecular complexity index is 593. The Morgan fingerprint density at radius 2 is 2.17 bits per heavy atom. The number of nitrogens with one attached hydrogen (secondary N) is 1. The molecule has 0 spiro atoms. The van der Waals surface area contributed by atoms with Crippen LogP contribution in [0.3, 0.4) is 0 Å². The van der Waals surface area contributed by atoms with Gasteiger partial charge in [-0.3, -0.25) is 15.0 Å². The molecule has 0 saturated heterocycles. The van der Waals surface area contributed by atoms with Gasteiger partial charge < -0.3 is 15.1 Å². The second-order valence-electron chi connectivity index (χ2n) is 3.57. The van der Waals surface area contributed by atoms with E-state index in [2.05, 4.69) is 10.5 Å². The molecule has 0 bridgehead atoms. The fourth-order valence-corrected chi connectivity index (χ4v) is 1.59. The van der Waals surface area contributed by atoms with Gasteiger partial charge in [-0.1, -0.05) is 0 Å². The van der Waals surface area contributed by atoms with E-state index in [1.54, 1.807) is 6.92 Å². The zero-order valence-corrected chi connectivity index (χ0v) is 9.38. The number of aromatic carboxylic acids is 1. The highest BCUT2D eigenvalue weighted by molar-refractivity contribution is 5.96. The molecular weight excluding hydrogens is 244 g/mol. The summed E-state index contributed by atoms with van der Waals surface area (Å²) in [5.74, 6) is -3.08. The van der Waals surface area contributed by atoms with Crippen molar-refractivity contribution in [3.05, 3.63) is 21.6 Å². The molecule has 0 aliphatic carbocycles. The minimum Gasteiger partial charge on any atom is -0.502 e. The van der Waals surface area contributed by atoms with Crippen molar-refractivity contribution >= 4 is 11.9 Å². The van der Waals surface area contributed by atoms with Gasteiger partial charge in [0.15, 0.2) is 11.4 Å². The summed E-state index contributed by atoms with van der Waals surface area (Å²) in [6.45, 7) is 2.21. The number of amides is 1. The van der Waals surface area contributed by atoms with Crippen molar-refractivity contribution in [1.82, 2.24) is 14.8 Å². The average molecular weight is 254 g/mol. The zero-order valence-electron chi connectivity index (χ0n) is 9.38. The average Bonchev–Trinajstić information content (AvgIpc) is 2.33. The van der Waals surface area contributed by atoms with Crippen LogP contribution in [0.15, 0.2) is 4.79 Å². The minimum atomic E-state index is -1.57. The molecule has 0 aromatic carbocycles. The Morgan fingerprint density at radius 3 is 2.72 bits per heavy atom. The molecule has 9 heteroatoms. The fraction of sp³-hybridized carbons (Fsp3) is 0.333. The summed E-state index contributed by atoms with van der Waals surface area (Å²) in [7, 11) is 0. The fourth-order valence-electron chi connectivity index (χ4n) is 1.59. The number of carboxylic acid groups (broad SMARTS) is 1. The first kappa shape index (κ1) is 11.9. The third-order valence-electron chi connectivity index (χ3n) is 2.55. The van der Waals surface area contributed by atoms with Gasteiger partial charge in [0.05, 0.1) is 0 Å². The topological polar surface area (TPSA) is 125 Å². The van der Waals surface area contributed by atoms with Crippen LogP contribution in [-0.4, -0.2) is 50.1 Å². The van der Waals surface area contributed by atoms with Crippen molar-refractivity contribution in [3.63, 3.8) is 0 Å². The lowest BCUT2D eigenvalue weighted by molar-refractivity contribution is 0.0669. The molecule has 96 valence electrons. The largest absolute Gasteiger partial charge is 0.502 e. The Hall–Kier alpha value is -2.58. The number of rotatable bonds is 2. The molecule has 3 N–H and O–H groups in total. The second kappa shape index (κ2) is 4.02. The van der Waals surface area contributed by atoms with Gasteiger partial charge in [0, 0.05) is 6.54 Å². The molecule has 2 heterocycles. The lowest BCUT2D eigenvalue weighted by Crippen LogP contribution is -2.48. The van der Waals surface area contributed by atoms with Crippen LogP contribution in [0.4, 0.5) is 0 Å². The van der Waals surface area contributed by atoms with Crippen molar-refractivity contribution < 1.29 is 19.8 Å². The highest BCUT2D eigenvalue weighted by Crippen LogP contribution is 2.16. The molecule has 1 aromatic heterocycles. The predicted molar refractivity (Wildman–Crippen MR) is 58.1 cm³/mol. The zero-order chi connectivity index (χ0) is 13.4. The first-order valence-electron chi connectivity index (χ1n) is 5.10. The lowest BCUT2D eigenvalue weighted by Gasteiger charge is -2.29. The molecule has 2 rings (SSSR count). The summed E-state index contributed by atoms with van der Waals surface area (Å²) in [6, 6.07) is 0. The van der Waals surface area contributed by atoms with Gasteiger partial charge in [-0.05, 0) is 6.92 Å². The number of carboxylic acids is 1. The first-order chi connectivity index (χ1) is 8.47. The number of aromatic hydroxyl groups is 1. The molecule has 0 unspecified atom stereocenters. The number of fused-ring (bicyclic) bond motifs is 1. The number of hydrogen-bond acceptors (Lipinski definition) is 6. The third-order valence-corrected chi connectivity index (χ3v) is 2.55. The van der Waals surface area contributed by atoms with E-state index in [0.717, 1.165) is 4.79 Å². The summed E-state index contributed by atoms with van der Waals surface area (Å²) in [6.07, 6.45) is 0. The minimum absolute atomic E-state index is 0.108. The van der Waals surface area contributed by atoms with Crippen molar-refractivity contribution in [2.24, 2.45) is 0 Å². The molecule has 0 radical (unpaired) electrons. The number of aromatic nitrogens is 2. The molecule has 9 nitrogen and oxygen atoms in total.